The fourth-order valence-corrected chi connectivity index (χ4v) is 1.55. The molecule has 0 heterocycles. The van der Waals surface area contributed by atoms with Gasteiger partial charge in [0.1, 0.15) is 0 Å². The fourth-order valence-electron chi connectivity index (χ4n) is 1.55. The number of likely N-dealkylation sites (N-methyl/N-ethyl adjacent to an activating group) is 2. The summed E-state index contributed by atoms with van der Waals surface area (Å²) in [5, 5.41) is 6.21. The molecule has 104 valence electrons. The lowest BCUT2D eigenvalue weighted by atomic mass is 10.1. The third-order valence-corrected chi connectivity index (χ3v) is 2.64. The maximum absolute atomic E-state index is 5.85. The molecule has 0 radical (unpaired) electrons. The monoisotopic (exact) mass is 246 g/mol. The summed E-state index contributed by atoms with van der Waals surface area (Å²) in [5.74, 6) is 0. The minimum Gasteiger partial charge on any atom is -0.374 e. The molecule has 0 aliphatic heterocycles. The molecule has 0 bridgehead atoms. The van der Waals surface area contributed by atoms with Crippen molar-refractivity contribution < 1.29 is 9.47 Å². The predicted molar refractivity (Wildman–Crippen MR) is 72.5 cm³/mol. The Bertz CT molecular complexity index is 194. The lowest BCUT2D eigenvalue weighted by Crippen LogP contribution is -2.38. The molecule has 0 aromatic carbocycles. The zero-order chi connectivity index (χ0) is 13.4. The smallest absolute Gasteiger partial charge is 0.0750 e. The van der Waals surface area contributed by atoms with Crippen LogP contribution in [0.1, 0.15) is 34.1 Å². The van der Waals surface area contributed by atoms with Crippen LogP contribution in [0.25, 0.3) is 0 Å². The van der Waals surface area contributed by atoms with Crippen LogP contribution >= 0.6 is 0 Å². The second-order valence-corrected chi connectivity index (χ2v) is 5.60. The van der Waals surface area contributed by atoms with E-state index >= 15 is 0 Å². The number of nitrogens with one attached hydrogen (secondary N) is 2. The molecule has 0 atom stereocenters. The molecule has 0 unspecified atom stereocenters. The van der Waals surface area contributed by atoms with Crippen LogP contribution in [0.4, 0.5) is 0 Å². The van der Waals surface area contributed by atoms with Crippen LogP contribution in [0.3, 0.4) is 0 Å². The van der Waals surface area contributed by atoms with Crippen molar-refractivity contribution in [2.75, 3.05) is 40.4 Å². The van der Waals surface area contributed by atoms with Crippen molar-refractivity contribution in [3.05, 3.63) is 0 Å². The molecule has 0 aromatic rings. The Morgan fingerprint density at radius 1 is 0.824 bits per heavy atom. The Balaban J connectivity index is 3.77. The van der Waals surface area contributed by atoms with Crippen molar-refractivity contribution in [2.45, 2.75) is 45.3 Å². The fraction of sp³-hybridized carbons (Fsp3) is 1.00. The van der Waals surface area contributed by atoms with Crippen molar-refractivity contribution >= 4 is 0 Å². The summed E-state index contributed by atoms with van der Waals surface area (Å²) in [5.41, 5.74) is -0.234. The molecular formula is C13H30N2O2. The first-order valence-corrected chi connectivity index (χ1v) is 6.40. The summed E-state index contributed by atoms with van der Waals surface area (Å²) < 4.78 is 11.6. The summed E-state index contributed by atoms with van der Waals surface area (Å²) in [7, 11) is 3.87. The summed E-state index contributed by atoms with van der Waals surface area (Å²) in [6.07, 6.45) is 0.907. The average Bonchev–Trinajstić information content (AvgIpc) is 2.16. The van der Waals surface area contributed by atoms with Gasteiger partial charge in [0.15, 0.2) is 0 Å². The third-order valence-electron chi connectivity index (χ3n) is 2.64. The molecule has 17 heavy (non-hydrogen) atoms. The van der Waals surface area contributed by atoms with Gasteiger partial charge in [-0.2, -0.15) is 0 Å². The van der Waals surface area contributed by atoms with Crippen LogP contribution in [0, 0.1) is 0 Å². The van der Waals surface area contributed by atoms with Gasteiger partial charge >= 0.3 is 0 Å². The van der Waals surface area contributed by atoms with Crippen LogP contribution in [0.15, 0.2) is 0 Å². The zero-order valence-corrected chi connectivity index (χ0v) is 12.4. The van der Waals surface area contributed by atoms with Crippen molar-refractivity contribution in [2.24, 2.45) is 0 Å². The number of hydrogen-bond donors (Lipinski definition) is 2. The molecule has 0 spiro atoms. The summed E-state index contributed by atoms with van der Waals surface area (Å²) in [6, 6.07) is 0. The first-order valence-electron chi connectivity index (χ1n) is 6.40. The highest BCUT2D eigenvalue weighted by molar-refractivity contribution is 4.73. The Morgan fingerprint density at radius 2 is 1.41 bits per heavy atom. The van der Waals surface area contributed by atoms with Crippen LogP contribution in [0.2, 0.25) is 0 Å². The third kappa shape index (κ3) is 9.53. The molecular weight excluding hydrogens is 216 g/mol. The first kappa shape index (κ1) is 16.8. The van der Waals surface area contributed by atoms with Gasteiger partial charge in [-0.3, -0.25) is 0 Å². The highest BCUT2D eigenvalue weighted by Crippen LogP contribution is 2.16. The van der Waals surface area contributed by atoms with E-state index in [1.54, 1.807) is 0 Å². The van der Waals surface area contributed by atoms with Crippen LogP contribution in [-0.2, 0) is 9.47 Å². The standard InChI is InChI=1S/C13H30N2O2/c1-12(2,17-10-8-14-5)7-9-16-13(3,4)11-15-6/h14-15H,7-11H2,1-6H3. The van der Waals surface area contributed by atoms with E-state index in [2.05, 4.69) is 38.3 Å². The van der Waals surface area contributed by atoms with Gasteiger partial charge in [-0.05, 0) is 48.2 Å². The van der Waals surface area contributed by atoms with Gasteiger partial charge < -0.3 is 20.1 Å². The Labute approximate surface area is 106 Å². The maximum Gasteiger partial charge on any atom is 0.0750 e. The molecule has 0 saturated heterocycles. The molecule has 0 fully saturated rings. The zero-order valence-electron chi connectivity index (χ0n) is 12.4. The first-order chi connectivity index (χ1) is 7.83. The molecule has 0 aliphatic rings. The second kappa shape index (κ2) is 8.03. The van der Waals surface area contributed by atoms with Gasteiger partial charge in [-0.15, -0.1) is 0 Å². The highest BCUT2D eigenvalue weighted by Gasteiger charge is 2.21. The maximum atomic E-state index is 5.85. The molecule has 4 nitrogen and oxygen atoms in total. The van der Waals surface area contributed by atoms with E-state index in [4.69, 9.17) is 9.47 Å². The van der Waals surface area contributed by atoms with Crippen LogP contribution in [0.5, 0.6) is 0 Å². The lowest BCUT2D eigenvalue weighted by Gasteiger charge is -2.29. The van der Waals surface area contributed by atoms with E-state index in [1.807, 2.05) is 14.1 Å². The van der Waals surface area contributed by atoms with Gasteiger partial charge in [0.25, 0.3) is 0 Å². The molecule has 2 N–H and O–H groups in total. The van der Waals surface area contributed by atoms with E-state index in [0.717, 1.165) is 32.7 Å². The number of rotatable bonds is 10. The topological polar surface area (TPSA) is 42.5 Å². The van der Waals surface area contributed by atoms with E-state index in [9.17, 15) is 0 Å². The summed E-state index contributed by atoms with van der Waals surface area (Å²) in [4.78, 5) is 0. The molecule has 0 amide bonds. The van der Waals surface area contributed by atoms with Crippen molar-refractivity contribution in [1.29, 1.82) is 0 Å². The molecule has 0 aromatic heterocycles. The summed E-state index contributed by atoms with van der Waals surface area (Å²) in [6.45, 7) is 11.6. The van der Waals surface area contributed by atoms with E-state index in [0.29, 0.717) is 0 Å². The predicted octanol–water partition coefficient (Wildman–Crippen LogP) is 1.41. The van der Waals surface area contributed by atoms with Gasteiger partial charge in [0.2, 0.25) is 0 Å². The molecule has 0 aliphatic carbocycles. The Hall–Kier alpha value is -0.160. The highest BCUT2D eigenvalue weighted by atomic mass is 16.5. The van der Waals surface area contributed by atoms with E-state index in [1.165, 1.54) is 0 Å². The van der Waals surface area contributed by atoms with Crippen molar-refractivity contribution in [3.63, 3.8) is 0 Å². The molecule has 4 heteroatoms. The van der Waals surface area contributed by atoms with Gasteiger partial charge in [0, 0.05) is 13.1 Å². The Kier molecular flexibility index (Phi) is 7.96. The minimum absolute atomic E-state index is 0.115. The molecule has 0 rings (SSSR count). The quantitative estimate of drug-likeness (QED) is 0.572. The van der Waals surface area contributed by atoms with Crippen LogP contribution in [-0.4, -0.2) is 51.6 Å². The normalized spacial score (nSPS) is 13.1. The summed E-state index contributed by atoms with van der Waals surface area (Å²) >= 11 is 0. The van der Waals surface area contributed by atoms with Crippen LogP contribution < -0.4 is 10.6 Å². The number of ether oxygens (including phenoxy) is 2. The van der Waals surface area contributed by atoms with Gasteiger partial charge in [-0.1, -0.05) is 0 Å². The van der Waals surface area contributed by atoms with E-state index < -0.39 is 0 Å². The van der Waals surface area contributed by atoms with Crippen molar-refractivity contribution in [1.82, 2.24) is 10.6 Å². The largest absolute Gasteiger partial charge is 0.374 e. The van der Waals surface area contributed by atoms with Gasteiger partial charge in [-0.25, -0.2) is 0 Å². The Morgan fingerprint density at radius 3 is 1.94 bits per heavy atom. The lowest BCUT2D eigenvalue weighted by molar-refractivity contribution is -0.0696. The van der Waals surface area contributed by atoms with Crippen molar-refractivity contribution in [3.8, 4) is 0 Å². The number of hydrogen-bond acceptors (Lipinski definition) is 4. The average molecular weight is 246 g/mol. The van der Waals surface area contributed by atoms with E-state index in [-0.39, 0.29) is 11.2 Å². The minimum atomic E-state index is -0.118. The second-order valence-electron chi connectivity index (χ2n) is 5.60. The SMILES string of the molecule is CNCCOC(C)(C)CCOC(C)(C)CNC. The molecule has 0 saturated carbocycles. The van der Waals surface area contributed by atoms with Gasteiger partial charge in [0.05, 0.1) is 24.4 Å².